The first-order valence-corrected chi connectivity index (χ1v) is 10.3. The van der Waals surface area contributed by atoms with Gasteiger partial charge in [0.2, 0.25) is 11.8 Å². The molecule has 1 saturated heterocycles. The maximum Gasteiger partial charge on any atom is 0.255 e. The van der Waals surface area contributed by atoms with Crippen LogP contribution in [0.25, 0.3) is 0 Å². The second kappa shape index (κ2) is 10.8. The van der Waals surface area contributed by atoms with Crippen molar-refractivity contribution in [3.05, 3.63) is 23.8 Å². The third-order valence-electron chi connectivity index (χ3n) is 5.22. The summed E-state index contributed by atoms with van der Waals surface area (Å²) in [6, 6.07) is 4.99. The SMILES string of the molecule is COc1ccc2c(c1)OCCNC(=O)CN(C(=O)C1CCOCC1)CCCNC2=O. The molecular formula is C21H29N3O6. The molecule has 0 radical (unpaired) electrons. The Hall–Kier alpha value is -2.81. The second-order valence-electron chi connectivity index (χ2n) is 7.32. The summed E-state index contributed by atoms with van der Waals surface area (Å²) in [5.74, 6) is 0.344. The maximum absolute atomic E-state index is 12.9. The Kier molecular flexibility index (Phi) is 7.89. The molecule has 0 atom stereocenters. The summed E-state index contributed by atoms with van der Waals surface area (Å²) in [5.41, 5.74) is 0.398. The van der Waals surface area contributed by atoms with Crippen molar-refractivity contribution in [2.75, 3.05) is 53.1 Å². The Balaban J connectivity index is 1.69. The molecule has 30 heavy (non-hydrogen) atoms. The van der Waals surface area contributed by atoms with E-state index in [1.54, 1.807) is 30.2 Å². The van der Waals surface area contributed by atoms with E-state index in [4.69, 9.17) is 14.2 Å². The minimum atomic E-state index is -0.254. The normalized spacial score (nSPS) is 19.6. The van der Waals surface area contributed by atoms with E-state index in [9.17, 15) is 14.4 Å². The van der Waals surface area contributed by atoms with Gasteiger partial charge in [0.05, 0.1) is 25.8 Å². The Bertz CT molecular complexity index is 763. The standard InChI is InChI=1S/C21H29N3O6/c1-28-16-3-4-17-18(13-16)30-12-8-22-19(25)14-24(9-2-7-23-20(17)26)21(27)15-5-10-29-11-6-15/h3-4,13,15H,2,5-12,14H2,1H3,(H,22,25)(H,23,26). The van der Waals surface area contributed by atoms with Crippen LogP contribution < -0.4 is 20.1 Å². The van der Waals surface area contributed by atoms with Crippen molar-refractivity contribution in [2.24, 2.45) is 5.92 Å². The van der Waals surface area contributed by atoms with Crippen LogP contribution in [0, 0.1) is 5.92 Å². The summed E-state index contributed by atoms with van der Waals surface area (Å²) >= 11 is 0. The van der Waals surface area contributed by atoms with Crippen LogP contribution in [0.5, 0.6) is 11.5 Å². The lowest BCUT2D eigenvalue weighted by Gasteiger charge is -2.29. The predicted octanol–water partition coefficient (Wildman–Crippen LogP) is 0.579. The number of amides is 3. The van der Waals surface area contributed by atoms with Gasteiger partial charge in [0.15, 0.2) is 0 Å². The molecule has 1 fully saturated rings. The molecule has 3 rings (SSSR count). The largest absolute Gasteiger partial charge is 0.497 e. The van der Waals surface area contributed by atoms with E-state index in [0.717, 1.165) is 0 Å². The summed E-state index contributed by atoms with van der Waals surface area (Å²) < 4.78 is 16.2. The van der Waals surface area contributed by atoms with E-state index in [0.29, 0.717) is 62.6 Å². The lowest BCUT2D eigenvalue weighted by molar-refractivity contribution is -0.142. The first-order chi connectivity index (χ1) is 14.6. The molecule has 2 heterocycles. The molecule has 0 spiro atoms. The highest BCUT2D eigenvalue weighted by molar-refractivity contribution is 5.97. The summed E-state index contributed by atoms with van der Waals surface area (Å²) in [6.07, 6.45) is 1.88. The summed E-state index contributed by atoms with van der Waals surface area (Å²) in [7, 11) is 1.54. The van der Waals surface area contributed by atoms with Crippen molar-refractivity contribution in [3.63, 3.8) is 0 Å². The van der Waals surface area contributed by atoms with Crippen LogP contribution in [0.3, 0.4) is 0 Å². The molecule has 2 aliphatic rings. The molecule has 0 unspecified atom stereocenters. The molecule has 9 heteroatoms. The number of benzene rings is 1. The van der Waals surface area contributed by atoms with Gasteiger partial charge in [0.25, 0.3) is 5.91 Å². The molecule has 0 aromatic heterocycles. The predicted molar refractivity (Wildman–Crippen MR) is 109 cm³/mol. The van der Waals surface area contributed by atoms with Crippen LogP contribution >= 0.6 is 0 Å². The number of hydrogen-bond acceptors (Lipinski definition) is 6. The number of fused-ring (bicyclic) bond motifs is 1. The van der Waals surface area contributed by atoms with Gasteiger partial charge >= 0.3 is 0 Å². The fourth-order valence-electron chi connectivity index (χ4n) is 3.55. The van der Waals surface area contributed by atoms with Gasteiger partial charge in [-0.25, -0.2) is 0 Å². The van der Waals surface area contributed by atoms with E-state index in [1.165, 1.54) is 0 Å². The zero-order valence-corrected chi connectivity index (χ0v) is 17.3. The van der Waals surface area contributed by atoms with Gasteiger partial charge in [0.1, 0.15) is 18.1 Å². The molecule has 3 amide bonds. The Morgan fingerprint density at radius 3 is 2.70 bits per heavy atom. The van der Waals surface area contributed by atoms with E-state index in [-0.39, 0.29) is 43.3 Å². The number of rotatable bonds is 2. The zero-order valence-electron chi connectivity index (χ0n) is 17.3. The topological polar surface area (TPSA) is 106 Å². The molecule has 0 saturated carbocycles. The fraction of sp³-hybridized carbons (Fsp3) is 0.571. The number of hydrogen-bond donors (Lipinski definition) is 2. The van der Waals surface area contributed by atoms with Crippen molar-refractivity contribution in [2.45, 2.75) is 19.3 Å². The van der Waals surface area contributed by atoms with Gasteiger partial charge in [0, 0.05) is 38.3 Å². The number of nitrogens with zero attached hydrogens (tertiary/aromatic N) is 1. The lowest BCUT2D eigenvalue weighted by atomic mass is 9.98. The van der Waals surface area contributed by atoms with Gasteiger partial charge < -0.3 is 29.7 Å². The van der Waals surface area contributed by atoms with Crippen molar-refractivity contribution in [3.8, 4) is 11.5 Å². The molecule has 9 nitrogen and oxygen atoms in total. The van der Waals surface area contributed by atoms with Gasteiger partial charge in [-0.05, 0) is 31.4 Å². The van der Waals surface area contributed by atoms with Crippen LogP contribution in [-0.2, 0) is 14.3 Å². The molecule has 1 aromatic rings. The third kappa shape index (κ3) is 5.85. The van der Waals surface area contributed by atoms with Crippen molar-refractivity contribution in [1.29, 1.82) is 0 Å². The maximum atomic E-state index is 12.9. The first kappa shape index (κ1) is 21.9. The van der Waals surface area contributed by atoms with Crippen molar-refractivity contribution >= 4 is 17.7 Å². The van der Waals surface area contributed by atoms with Gasteiger partial charge in [-0.2, -0.15) is 0 Å². The van der Waals surface area contributed by atoms with Gasteiger partial charge in [-0.15, -0.1) is 0 Å². The lowest BCUT2D eigenvalue weighted by Crippen LogP contribution is -2.46. The van der Waals surface area contributed by atoms with Crippen molar-refractivity contribution < 1.29 is 28.6 Å². The second-order valence-corrected chi connectivity index (χ2v) is 7.32. The van der Waals surface area contributed by atoms with Crippen molar-refractivity contribution in [1.82, 2.24) is 15.5 Å². The molecule has 0 bridgehead atoms. The Morgan fingerprint density at radius 1 is 1.13 bits per heavy atom. The molecule has 1 aromatic carbocycles. The minimum Gasteiger partial charge on any atom is -0.497 e. The number of carbonyl (C=O) groups is 3. The number of nitrogens with one attached hydrogen (secondary N) is 2. The van der Waals surface area contributed by atoms with Crippen LogP contribution in [0.15, 0.2) is 18.2 Å². The van der Waals surface area contributed by atoms with Crippen LogP contribution in [0.1, 0.15) is 29.6 Å². The summed E-state index contributed by atoms with van der Waals surface area (Å²) in [4.78, 5) is 39.4. The average molecular weight is 419 g/mol. The minimum absolute atomic E-state index is 0.00541. The highest BCUT2D eigenvalue weighted by Gasteiger charge is 2.27. The number of ether oxygens (including phenoxy) is 3. The van der Waals surface area contributed by atoms with Crippen LogP contribution in [0.4, 0.5) is 0 Å². The zero-order chi connectivity index (χ0) is 21.3. The van der Waals surface area contributed by atoms with E-state index >= 15 is 0 Å². The van der Waals surface area contributed by atoms with E-state index < -0.39 is 0 Å². The van der Waals surface area contributed by atoms with Gasteiger partial charge in [-0.3, -0.25) is 14.4 Å². The highest BCUT2D eigenvalue weighted by Crippen LogP contribution is 2.25. The Morgan fingerprint density at radius 2 is 1.93 bits per heavy atom. The molecule has 2 aliphatic heterocycles. The van der Waals surface area contributed by atoms with E-state index in [2.05, 4.69) is 10.6 Å². The van der Waals surface area contributed by atoms with Crippen LogP contribution in [-0.4, -0.2) is 75.7 Å². The summed E-state index contributed by atoms with van der Waals surface area (Å²) in [5, 5.41) is 5.64. The molecule has 2 N–H and O–H groups in total. The number of methoxy groups -OCH3 is 1. The molecule has 164 valence electrons. The van der Waals surface area contributed by atoms with E-state index in [1.807, 2.05) is 0 Å². The van der Waals surface area contributed by atoms with Gasteiger partial charge in [-0.1, -0.05) is 0 Å². The average Bonchev–Trinajstić information content (AvgIpc) is 2.78. The Labute approximate surface area is 176 Å². The number of carbonyl (C=O) groups excluding carboxylic acids is 3. The highest BCUT2D eigenvalue weighted by atomic mass is 16.5. The summed E-state index contributed by atoms with van der Waals surface area (Å²) in [6.45, 7) is 2.35. The molecule has 0 aliphatic carbocycles. The third-order valence-corrected chi connectivity index (χ3v) is 5.22. The molecular weight excluding hydrogens is 390 g/mol. The first-order valence-electron chi connectivity index (χ1n) is 10.3. The monoisotopic (exact) mass is 419 g/mol. The van der Waals surface area contributed by atoms with Crippen LogP contribution in [0.2, 0.25) is 0 Å². The fourth-order valence-corrected chi connectivity index (χ4v) is 3.55. The smallest absolute Gasteiger partial charge is 0.255 e. The quantitative estimate of drug-likeness (QED) is 0.726.